The van der Waals surface area contributed by atoms with Gasteiger partial charge in [0, 0.05) is 17.1 Å². The Hall–Kier alpha value is -1.20. The molecule has 1 aromatic carbocycles. The molecule has 0 saturated carbocycles. The lowest BCUT2D eigenvalue weighted by atomic mass is 10.1. The first kappa shape index (κ1) is 14.9. The Morgan fingerprint density at radius 2 is 2.00 bits per heavy atom. The van der Waals surface area contributed by atoms with Crippen molar-refractivity contribution in [2.24, 2.45) is 0 Å². The van der Waals surface area contributed by atoms with Crippen molar-refractivity contribution in [2.75, 3.05) is 0 Å². The van der Waals surface area contributed by atoms with E-state index in [1.165, 1.54) is 16.9 Å². The summed E-state index contributed by atoms with van der Waals surface area (Å²) in [6.45, 7) is 2.33. The molecule has 5 heteroatoms. The first-order chi connectivity index (χ1) is 8.20. The van der Waals surface area contributed by atoms with Crippen molar-refractivity contribution in [2.45, 2.75) is 19.9 Å². The van der Waals surface area contributed by atoms with E-state index in [1.54, 1.807) is 10.8 Å². The van der Waals surface area contributed by atoms with Crippen LogP contribution in [0.1, 0.15) is 22.8 Å². The highest BCUT2D eigenvalue weighted by molar-refractivity contribution is 8.93. The number of carbonyl (C=O) groups is 1. The third-order valence-corrected chi connectivity index (χ3v) is 3.40. The Bertz CT molecular complexity index is 571. The summed E-state index contributed by atoms with van der Waals surface area (Å²) < 4.78 is 1.65. The quantitative estimate of drug-likeness (QED) is 0.862. The van der Waals surface area contributed by atoms with Crippen LogP contribution in [-0.4, -0.2) is 10.4 Å². The van der Waals surface area contributed by atoms with Crippen molar-refractivity contribution in [3.05, 3.63) is 51.8 Å². The minimum atomic E-state index is 0. The summed E-state index contributed by atoms with van der Waals surface area (Å²) in [6.07, 6.45) is 2.75. The maximum Gasteiger partial charge on any atom is 0.182 e. The van der Waals surface area contributed by atoms with Crippen molar-refractivity contribution >= 4 is 34.1 Å². The number of aromatic nitrogens is 1. The molecule has 0 radical (unpaired) electrons. The maximum absolute atomic E-state index is 12.0. The number of rotatable bonds is 4. The molecule has 0 bridgehead atoms. The van der Waals surface area contributed by atoms with Gasteiger partial charge in [0.25, 0.3) is 0 Å². The number of carbonyl (C=O) groups excluding carboxylic acids is 1. The zero-order chi connectivity index (χ0) is 12.3. The molecule has 0 aliphatic rings. The van der Waals surface area contributed by atoms with Gasteiger partial charge in [-0.2, -0.15) is 0 Å². The van der Waals surface area contributed by atoms with Crippen molar-refractivity contribution in [3.8, 4) is 0 Å². The highest BCUT2D eigenvalue weighted by Gasteiger charge is 2.06. The topological polar surface area (TPSA) is 45.9 Å². The summed E-state index contributed by atoms with van der Waals surface area (Å²) >= 11 is 1.33. The summed E-state index contributed by atoms with van der Waals surface area (Å²) in [5, 5.41) is 9.42. The SMILES string of the molecule is Br.CCc1ccc(C(=O)Cn2ccsc2=N)cc1. The predicted molar refractivity (Wildman–Crippen MR) is 78.6 cm³/mol. The molecule has 0 saturated heterocycles. The Morgan fingerprint density at radius 1 is 1.33 bits per heavy atom. The summed E-state index contributed by atoms with van der Waals surface area (Å²) in [7, 11) is 0. The van der Waals surface area contributed by atoms with Gasteiger partial charge in [0.2, 0.25) is 0 Å². The molecule has 2 aromatic rings. The van der Waals surface area contributed by atoms with Gasteiger partial charge in [-0.3, -0.25) is 10.2 Å². The molecule has 0 spiro atoms. The molecular weight excluding hydrogens is 312 g/mol. The van der Waals surface area contributed by atoms with E-state index in [1.807, 2.05) is 29.6 Å². The molecule has 18 heavy (non-hydrogen) atoms. The van der Waals surface area contributed by atoms with Gasteiger partial charge >= 0.3 is 0 Å². The third-order valence-electron chi connectivity index (χ3n) is 2.68. The molecule has 0 amide bonds. The number of ketones is 1. The molecule has 0 atom stereocenters. The van der Waals surface area contributed by atoms with Crippen molar-refractivity contribution in [1.29, 1.82) is 5.41 Å². The van der Waals surface area contributed by atoms with Crippen molar-refractivity contribution in [3.63, 3.8) is 0 Å². The van der Waals surface area contributed by atoms with Gasteiger partial charge in [-0.1, -0.05) is 31.2 Å². The Balaban J connectivity index is 0.00000162. The van der Waals surface area contributed by atoms with Crippen LogP contribution >= 0.6 is 28.3 Å². The van der Waals surface area contributed by atoms with Crippen LogP contribution in [-0.2, 0) is 13.0 Å². The fraction of sp³-hybridized carbons (Fsp3) is 0.231. The second kappa shape index (κ2) is 6.66. The summed E-state index contributed by atoms with van der Waals surface area (Å²) in [5.41, 5.74) is 1.94. The number of hydrogen-bond acceptors (Lipinski definition) is 3. The lowest BCUT2D eigenvalue weighted by Gasteiger charge is -2.03. The zero-order valence-corrected chi connectivity index (χ0v) is 12.6. The summed E-state index contributed by atoms with van der Waals surface area (Å²) in [4.78, 5) is 12.4. The number of aryl methyl sites for hydroxylation is 1. The molecule has 0 unspecified atom stereocenters. The molecule has 0 aliphatic carbocycles. The van der Waals surface area contributed by atoms with Crippen molar-refractivity contribution in [1.82, 2.24) is 4.57 Å². The zero-order valence-electron chi connectivity index (χ0n) is 10.1. The first-order valence-corrected chi connectivity index (χ1v) is 6.39. The molecule has 1 heterocycles. The molecular formula is C13H15BrN2OS. The van der Waals surface area contributed by atoms with E-state index in [-0.39, 0.29) is 29.3 Å². The van der Waals surface area contributed by atoms with Crippen molar-refractivity contribution < 1.29 is 4.79 Å². The number of thiazole rings is 1. The van der Waals surface area contributed by atoms with Gasteiger partial charge in [-0.25, -0.2) is 0 Å². The molecule has 0 aliphatic heterocycles. The molecule has 1 N–H and O–H groups in total. The van der Waals surface area contributed by atoms with E-state index in [0.29, 0.717) is 10.4 Å². The van der Waals surface area contributed by atoms with E-state index in [9.17, 15) is 4.79 Å². The number of nitrogens with zero attached hydrogens (tertiary/aromatic N) is 1. The monoisotopic (exact) mass is 326 g/mol. The summed E-state index contributed by atoms with van der Waals surface area (Å²) in [5.74, 6) is 0.0459. The number of hydrogen-bond donors (Lipinski definition) is 1. The van der Waals surface area contributed by atoms with Crippen LogP contribution in [0.25, 0.3) is 0 Å². The van der Waals surface area contributed by atoms with Gasteiger partial charge in [-0.15, -0.1) is 28.3 Å². The standard InChI is InChI=1S/C13H14N2OS.BrH/c1-2-10-3-5-11(6-4-10)12(16)9-15-7-8-17-13(15)14;/h3-8,14H,2,9H2,1H3;1H. The van der Waals surface area contributed by atoms with E-state index in [0.717, 1.165) is 6.42 Å². The molecule has 96 valence electrons. The van der Waals surface area contributed by atoms with Crippen LogP contribution in [0.15, 0.2) is 35.8 Å². The van der Waals surface area contributed by atoms with E-state index >= 15 is 0 Å². The second-order valence-corrected chi connectivity index (χ2v) is 4.70. The highest BCUT2D eigenvalue weighted by atomic mass is 79.9. The maximum atomic E-state index is 12.0. The fourth-order valence-corrected chi connectivity index (χ4v) is 2.20. The lowest BCUT2D eigenvalue weighted by molar-refractivity contribution is 0.0971. The van der Waals surface area contributed by atoms with E-state index < -0.39 is 0 Å². The average molecular weight is 327 g/mol. The van der Waals surface area contributed by atoms with E-state index in [4.69, 9.17) is 5.41 Å². The van der Waals surface area contributed by atoms with E-state index in [2.05, 4.69) is 6.92 Å². The van der Waals surface area contributed by atoms with Gasteiger partial charge in [-0.05, 0) is 12.0 Å². The molecule has 0 fully saturated rings. The lowest BCUT2D eigenvalue weighted by Crippen LogP contribution is -2.18. The third kappa shape index (κ3) is 3.40. The minimum absolute atomic E-state index is 0. The van der Waals surface area contributed by atoms with Crippen LogP contribution in [0.4, 0.5) is 0 Å². The predicted octanol–water partition coefficient (Wildman–Crippen LogP) is 3.05. The number of halogens is 1. The molecule has 2 rings (SSSR count). The normalized spacial score (nSPS) is 9.83. The Labute approximate surface area is 120 Å². The highest BCUT2D eigenvalue weighted by Crippen LogP contribution is 2.06. The van der Waals surface area contributed by atoms with Crippen LogP contribution < -0.4 is 4.80 Å². The molecule has 3 nitrogen and oxygen atoms in total. The fourth-order valence-electron chi connectivity index (χ4n) is 1.60. The number of benzene rings is 1. The Morgan fingerprint density at radius 3 is 2.50 bits per heavy atom. The van der Waals surface area contributed by atoms with Gasteiger partial charge in [0.1, 0.15) is 0 Å². The first-order valence-electron chi connectivity index (χ1n) is 5.51. The van der Waals surface area contributed by atoms with Crippen LogP contribution in [0, 0.1) is 5.41 Å². The molecule has 1 aromatic heterocycles. The van der Waals surface area contributed by atoms with Crippen LogP contribution in [0.5, 0.6) is 0 Å². The van der Waals surface area contributed by atoms with Crippen LogP contribution in [0.2, 0.25) is 0 Å². The number of nitrogens with one attached hydrogen (secondary N) is 1. The van der Waals surface area contributed by atoms with Gasteiger partial charge in [0.15, 0.2) is 10.6 Å². The van der Waals surface area contributed by atoms with Crippen LogP contribution in [0.3, 0.4) is 0 Å². The summed E-state index contributed by atoms with van der Waals surface area (Å²) in [6, 6.07) is 7.68. The van der Waals surface area contributed by atoms with Gasteiger partial charge < -0.3 is 4.57 Å². The van der Waals surface area contributed by atoms with Gasteiger partial charge in [0.05, 0.1) is 6.54 Å². The average Bonchev–Trinajstić information content (AvgIpc) is 2.75. The Kier molecular flexibility index (Phi) is 5.50. The second-order valence-electron chi connectivity index (χ2n) is 3.81. The largest absolute Gasteiger partial charge is 0.316 e. The smallest absolute Gasteiger partial charge is 0.182 e. The number of Topliss-reactive ketones (excluding diaryl/α,β-unsaturated/α-hetero) is 1. The minimum Gasteiger partial charge on any atom is -0.316 e.